The molecule has 8 nitrogen and oxygen atoms in total. The Morgan fingerprint density at radius 1 is 0.589 bits per heavy atom. The zero-order valence-corrected chi connectivity index (χ0v) is 32.2. The summed E-state index contributed by atoms with van der Waals surface area (Å²) in [7, 11) is 0. The molecule has 6 rings (SSSR count). The normalized spacial score (nSPS) is 11.8. The third kappa shape index (κ3) is 9.61. The number of hydrogen-bond acceptors (Lipinski definition) is 6. The standard InChI is InChI=1S/C47H43N3O5S/c1-46(2,3)55-45(54)50-41(32-56-47(35-23-13-6-14-24-35,36-25-15-7-16-26-36)37-27-17-8-18-28-37)44(53)48-38-29-30-40(49-43(52)34-21-11-5-12-22-34)39(31-38)42(51)33-19-9-4-10-20-33/h4-31,41H,32H2,1-3H3,(H,48,53)(H,49,52)(H,50,54)/t41-/m0/s1. The molecular formula is C47H43N3O5S. The van der Waals surface area contributed by atoms with E-state index in [0.717, 1.165) is 16.7 Å². The van der Waals surface area contributed by atoms with Gasteiger partial charge in [0.2, 0.25) is 5.91 Å². The molecule has 6 aromatic carbocycles. The predicted molar refractivity (Wildman–Crippen MR) is 224 cm³/mol. The van der Waals surface area contributed by atoms with Crippen molar-refractivity contribution in [2.75, 3.05) is 16.4 Å². The van der Waals surface area contributed by atoms with Crippen molar-refractivity contribution >= 4 is 46.8 Å². The van der Waals surface area contributed by atoms with Crippen LogP contribution in [0.5, 0.6) is 0 Å². The van der Waals surface area contributed by atoms with Gasteiger partial charge in [-0.15, -0.1) is 11.8 Å². The number of amides is 3. The van der Waals surface area contributed by atoms with E-state index in [9.17, 15) is 19.2 Å². The molecule has 282 valence electrons. The first kappa shape index (κ1) is 39.2. The van der Waals surface area contributed by atoms with Crippen molar-refractivity contribution in [3.05, 3.63) is 203 Å². The van der Waals surface area contributed by atoms with Crippen LogP contribution in [0.25, 0.3) is 0 Å². The van der Waals surface area contributed by atoms with Crippen LogP contribution in [-0.2, 0) is 14.3 Å². The lowest BCUT2D eigenvalue weighted by Gasteiger charge is -2.36. The van der Waals surface area contributed by atoms with Gasteiger partial charge in [0.05, 0.1) is 10.4 Å². The van der Waals surface area contributed by atoms with E-state index in [-0.39, 0.29) is 28.7 Å². The summed E-state index contributed by atoms with van der Waals surface area (Å²) >= 11 is 1.52. The smallest absolute Gasteiger partial charge is 0.408 e. The van der Waals surface area contributed by atoms with Gasteiger partial charge in [0.25, 0.3) is 5.91 Å². The number of alkyl carbamates (subject to hydrolysis) is 1. The Bertz CT molecular complexity index is 2170. The minimum absolute atomic E-state index is 0.130. The highest BCUT2D eigenvalue weighted by Crippen LogP contribution is 2.48. The van der Waals surface area contributed by atoms with Gasteiger partial charge in [-0.2, -0.15) is 0 Å². The third-order valence-electron chi connectivity index (χ3n) is 8.87. The van der Waals surface area contributed by atoms with Crippen molar-refractivity contribution in [2.45, 2.75) is 37.2 Å². The lowest BCUT2D eigenvalue weighted by molar-refractivity contribution is -0.117. The van der Waals surface area contributed by atoms with Crippen molar-refractivity contribution in [2.24, 2.45) is 0 Å². The largest absolute Gasteiger partial charge is 0.444 e. The van der Waals surface area contributed by atoms with Gasteiger partial charge in [0.1, 0.15) is 11.6 Å². The number of carbonyl (C=O) groups is 4. The molecule has 0 aliphatic carbocycles. The molecule has 56 heavy (non-hydrogen) atoms. The SMILES string of the molecule is CC(C)(C)OC(=O)N[C@@H](CSC(c1ccccc1)(c1ccccc1)c1ccccc1)C(=O)Nc1ccc(NC(=O)c2ccccc2)c(C(=O)c2ccccc2)c1. The van der Waals surface area contributed by atoms with Crippen LogP contribution in [0.2, 0.25) is 0 Å². The fraction of sp³-hybridized carbons (Fsp3) is 0.149. The van der Waals surface area contributed by atoms with E-state index in [2.05, 4.69) is 52.3 Å². The number of carbonyl (C=O) groups excluding carboxylic acids is 4. The lowest BCUT2D eigenvalue weighted by Crippen LogP contribution is -2.48. The summed E-state index contributed by atoms with van der Waals surface area (Å²) in [6.45, 7) is 5.27. The van der Waals surface area contributed by atoms with Gasteiger partial charge in [-0.1, -0.05) is 140 Å². The number of ketones is 1. The summed E-state index contributed by atoms with van der Waals surface area (Å²) in [6, 6.07) is 51.2. The Hall–Kier alpha value is -6.45. The number of benzene rings is 6. The van der Waals surface area contributed by atoms with Gasteiger partial charge in [-0.05, 0) is 67.8 Å². The fourth-order valence-electron chi connectivity index (χ4n) is 6.29. The first-order chi connectivity index (χ1) is 27.0. The lowest BCUT2D eigenvalue weighted by atomic mass is 9.84. The summed E-state index contributed by atoms with van der Waals surface area (Å²) in [5.74, 6) is -1.12. The van der Waals surface area contributed by atoms with Crippen LogP contribution in [0.4, 0.5) is 16.2 Å². The predicted octanol–water partition coefficient (Wildman–Crippen LogP) is 9.73. The number of thioether (sulfide) groups is 1. The molecular weight excluding hydrogens is 719 g/mol. The average molecular weight is 762 g/mol. The van der Waals surface area contributed by atoms with Crippen LogP contribution in [0, 0.1) is 0 Å². The number of anilines is 2. The molecule has 3 amide bonds. The molecule has 0 heterocycles. The van der Waals surface area contributed by atoms with Crippen LogP contribution < -0.4 is 16.0 Å². The van der Waals surface area contributed by atoms with E-state index >= 15 is 0 Å². The summed E-state index contributed by atoms with van der Waals surface area (Å²) < 4.78 is 4.85. The van der Waals surface area contributed by atoms with E-state index in [1.165, 1.54) is 17.8 Å². The second kappa shape index (κ2) is 17.8. The maximum atomic E-state index is 14.4. The maximum Gasteiger partial charge on any atom is 0.408 e. The molecule has 0 aliphatic rings. The first-order valence-electron chi connectivity index (χ1n) is 18.2. The summed E-state index contributed by atoms with van der Waals surface area (Å²) in [4.78, 5) is 54.8. The van der Waals surface area contributed by atoms with Crippen LogP contribution in [-0.4, -0.2) is 41.1 Å². The maximum absolute atomic E-state index is 14.4. The van der Waals surface area contributed by atoms with Crippen LogP contribution in [0.1, 0.15) is 63.7 Å². The second-order valence-electron chi connectivity index (χ2n) is 14.1. The van der Waals surface area contributed by atoms with E-state index in [0.29, 0.717) is 16.8 Å². The Labute approximate surface area is 331 Å². The molecule has 3 N–H and O–H groups in total. The number of nitrogens with one attached hydrogen (secondary N) is 3. The molecule has 9 heteroatoms. The molecule has 0 unspecified atom stereocenters. The van der Waals surface area contributed by atoms with Crippen molar-refractivity contribution in [1.29, 1.82) is 0 Å². The molecule has 0 aliphatic heterocycles. The van der Waals surface area contributed by atoms with Crippen molar-refractivity contribution in [3.8, 4) is 0 Å². The molecule has 0 fully saturated rings. The monoisotopic (exact) mass is 761 g/mol. The quantitative estimate of drug-likeness (QED) is 0.0798. The van der Waals surface area contributed by atoms with Gasteiger partial charge in [0, 0.05) is 28.1 Å². The highest BCUT2D eigenvalue weighted by Gasteiger charge is 2.39. The molecule has 0 bridgehead atoms. The van der Waals surface area contributed by atoms with Crippen molar-refractivity contribution < 1.29 is 23.9 Å². The minimum Gasteiger partial charge on any atom is -0.444 e. The number of rotatable bonds is 13. The number of ether oxygens (including phenoxy) is 1. The van der Waals surface area contributed by atoms with Gasteiger partial charge in [-0.3, -0.25) is 14.4 Å². The zero-order chi connectivity index (χ0) is 39.5. The summed E-state index contributed by atoms with van der Waals surface area (Å²) in [5.41, 5.74) is 3.77. The Balaban J connectivity index is 1.36. The Kier molecular flexibility index (Phi) is 12.5. The van der Waals surface area contributed by atoms with E-state index in [4.69, 9.17) is 4.74 Å². The van der Waals surface area contributed by atoms with Crippen LogP contribution in [0.3, 0.4) is 0 Å². The van der Waals surface area contributed by atoms with Crippen molar-refractivity contribution in [1.82, 2.24) is 5.32 Å². The highest BCUT2D eigenvalue weighted by molar-refractivity contribution is 8.00. The van der Waals surface area contributed by atoms with E-state index < -0.39 is 28.4 Å². The minimum atomic E-state index is -1.09. The molecule has 6 aromatic rings. The van der Waals surface area contributed by atoms with Gasteiger partial charge >= 0.3 is 6.09 Å². The molecule has 0 spiro atoms. The van der Waals surface area contributed by atoms with Gasteiger partial charge in [-0.25, -0.2) is 4.79 Å². The second-order valence-corrected chi connectivity index (χ2v) is 15.3. The summed E-state index contributed by atoms with van der Waals surface area (Å²) in [5, 5.41) is 8.62. The molecule has 0 radical (unpaired) electrons. The first-order valence-corrected chi connectivity index (χ1v) is 19.2. The van der Waals surface area contributed by atoms with Crippen LogP contribution in [0.15, 0.2) is 170 Å². The van der Waals surface area contributed by atoms with Gasteiger partial charge in [0.15, 0.2) is 5.78 Å². The molecule has 0 saturated carbocycles. The average Bonchev–Trinajstić information content (AvgIpc) is 3.22. The molecule has 0 aromatic heterocycles. The molecule has 0 saturated heterocycles. The highest BCUT2D eigenvalue weighted by atomic mass is 32.2. The van der Waals surface area contributed by atoms with E-state index in [1.807, 2.05) is 66.7 Å². The number of hydrogen-bond donors (Lipinski definition) is 3. The molecule has 1 atom stereocenters. The third-order valence-corrected chi connectivity index (χ3v) is 10.5. The summed E-state index contributed by atoms with van der Waals surface area (Å²) in [6.07, 6.45) is -0.748. The van der Waals surface area contributed by atoms with E-state index in [1.54, 1.807) is 81.4 Å². The fourth-order valence-corrected chi connectivity index (χ4v) is 7.85. The van der Waals surface area contributed by atoms with Gasteiger partial charge < -0.3 is 20.7 Å². The van der Waals surface area contributed by atoms with Crippen LogP contribution >= 0.6 is 11.8 Å². The Morgan fingerprint density at radius 2 is 1.05 bits per heavy atom. The topological polar surface area (TPSA) is 114 Å². The zero-order valence-electron chi connectivity index (χ0n) is 31.4. The van der Waals surface area contributed by atoms with Crippen molar-refractivity contribution in [3.63, 3.8) is 0 Å². The Morgan fingerprint density at radius 3 is 1.54 bits per heavy atom.